The van der Waals surface area contributed by atoms with Gasteiger partial charge >= 0.3 is 0 Å². The van der Waals surface area contributed by atoms with Crippen LogP contribution < -0.4 is 10.1 Å². The molecule has 0 bridgehead atoms. The van der Waals surface area contributed by atoms with Gasteiger partial charge in [-0.3, -0.25) is 4.98 Å². The molecule has 2 rings (SSSR count). The van der Waals surface area contributed by atoms with Gasteiger partial charge in [-0.25, -0.2) is 0 Å². The van der Waals surface area contributed by atoms with Crippen LogP contribution in [0, 0.1) is 0 Å². The summed E-state index contributed by atoms with van der Waals surface area (Å²) in [6.45, 7) is 0. The van der Waals surface area contributed by atoms with Gasteiger partial charge < -0.3 is 10.1 Å². The number of methoxy groups -OCH3 is 1. The van der Waals surface area contributed by atoms with Crippen molar-refractivity contribution >= 4 is 5.69 Å². The van der Waals surface area contributed by atoms with E-state index >= 15 is 0 Å². The first-order chi connectivity index (χ1) is 7.83. The number of aromatic nitrogens is 1. The predicted molar refractivity (Wildman–Crippen MR) is 65.8 cm³/mol. The summed E-state index contributed by atoms with van der Waals surface area (Å²) in [5.41, 5.74) is 3.28. The van der Waals surface area contributed by atoms with Gasteiger partial charge in [0.1, 0.15) is 5.75 Å². The Hall–Kier alpha value is -2.03. The lowest BCUT2D eigenvalue weighted by Crippen LogP contribution is -1.88. The van der Waals surface area contributed by atoms with Crippen molar-refractivity contribution in [3.8, 4) is 16.9 Å². The van der Waals surface area contributed by atoms with E-state index in [0.717, 1.165) is 22.6 Å². The zero-order valence-corrected chi connectivity index (χ0v) is 9.40. The third-order valence-electron chi connectivity index (χ3n) is 2.46. The maximum absolute atomic E-state index is 5.15. The van der Waals surface area contributed by atoms with Crippen LogP contribution >= 0.6 is 0 Å². The lowest BCUT2D eigenvalue weighted by atomic mass is 10.1. The second-order valence-electron chi connectivity index (χ2n) is 3.44. The highest BCUT2D eigenvalue weighted by atomic mass is 16.5. The van der Waals surface area contributed by atoms with Crippen LogP contribution in [0.1, 0.15) is 0 Å². The molecule has 1 heterocycles. The molecular weight excluding hydrogens is 200 g/mol. The molecule has 3 nitrogen and oxygen atoms in total. The second kappa shape index (κ2) is 4.66. The topological polar surface area (TPSA) is 34.2 Å². The van der Waals surface area contributed by atoms with Crippen LogP contribution in [-0.4, -0.2) is 19.1 Å². The average Bonchev–Trinajstić information content (AvgIpc) is 2.39. The number of rotatable bonds is 3. The molecule has 0 atom stereocenters. The van der Waals surface area contributed by atoms with Crippen molar-refractivity contribution in [2.75, 3.05) is 19.5 Å². The van der Waals surface area contributed by atoms with Gasteiger partial charge in [-0.1, -0.05) is 12.1 Å². The van der Waals surface area contributed by atoms with Crippen molar-refractivity contribution in [2.24, 2.45) is 0 Å². The van der Waals surface area contributed by atoms with E-state index in [0.29, 0.717) is 0 Å². The average molecular weight is 214 g/mol. The molecule has 2 aromatic rings. The lowest BCUT2D eigenvalue weighted by molar-refractivity contribution is 0.413. The van der Waals surface area contributed by atoms with E-state index in [2.05, 4.69) is 22.4 Å². The third kappa shape index (κ3) is 2.14. The summed E-state index contributed by atoms with van der Waals surface area (Å²) in [6, 6.07) is 10.2. The van der Waals surface area contributed by atoms with Crippen LogP contribution in [0.5, 0.6) is 5.75 Å². The number of pyridine rings is 1. The van der Waals surface area contributed by atoms with E-state index in [1.807, 2.05) is 31.4 Å². The highest BCUT2D eigenvalue weighted by molar-refractivity contribution is 5.66. The van der Waals surface area contributed by atoms with Gasteiger partial charge in [-0.2, -0.15) is 0 Å². The van der Waals surface area contributed by atoms with Crippen LogP contribution in [0.3, 0.4) is 0 Å². The molecular formula is C13H14N2O. The number of benzene rings is 1. The Morgan fingerprint density at radius 2 is 1.81 bits per heavy atom. The summed E-state index contributed by atoms with van der Waals surface area (Å²) in [7, 11) is 3.55. The van der Waals surface area contributed by atoms with E-state index in [4.69, 9.17) is 4.74 Å². The van der Waals surface area contributed by atoms with Crippen LogP contribution in [0.25, 0.3) is 11.1 Å². The van der Waals surface area contributed by atoms with Gasteiger partial charge in [-0.15, -0.1) is 0 Å². The summed E-state index contributed by atoms with van der Waals surface area (Å²) in [5.74, 6) is 0.773. The Morgan fingerprint density at radius 1 is 1.06 bits per heavy atom. The normalized spacial score (nSPS) is 9.88. The number of ether oxygens (including phenoxy) is 1. The summed E-state index contributed by atoms with van der Waals surface area (Å²) in [4.78, 5) is 4.13. The van der Waals surface area contributed by atoms with E-state index in [-0.39, 0.29) is 0 Å². The Morgan fingerprint density at radius 3 is 2.44 bits per heavy atom. The molecule has 1 N–H and O–H groups in total. The molecule has 0 amide bonds. The van der Waals surface area contributed by atoms with Crippen LogP contribution in [-0.2, 0) is 0 Å². The molecule has 0 aliphatic heterocycles. The summed E-state index contributed by atoms with van der Waals surface area (Å²) in [5, 5.41) is 3.09. The fraction of sp³-hybridized carbons (Fsp3) is 0.154. The van der Waals surface area contributed by atoms with E-state index in [1.54, 1.807) is 13.3 Å². The first-order valence-corrected chi connectivity index (χ1v) is 5.10. The lowest BCUT2D eigenvalue weighted by Gasteiger charge is -2.05. The first kappa shape index (κ1) is 10.5. The number of hydrogen-bond donors (Lipinski definition) is 1. The maximum Gasteiger partial charge on any atom is 0.137 e. The number of hydrogen-bond acceptors (Lipinski definition) is 3. The quantitative estimate of drug-likeness (QED) is 0.853. The highest BCUT2D eigenvalue weighted by Crippen LogP contribution is 2.23. The Bertz CT molecular complexity index is 466. The zero-order chi connectivity index (χ0) is 11.4. The Balaban J connectivity index is 2.34. The van der Waals surface area contributed by atoms with Crippen molar-refractivity contribution in [2.45, 2.75) is 0 Å². The molecule has 0 spiro atoms. The summed E-state index contributed by atoms with van der Waals surface area (Å²) in [6.07, 6.45) is 3.53. The molecule has 0 fully saturated rings. The molecule has 3 heteroatoms. The minimum Gasteiger partial charge on any atom is -0.495 e. The van der Waals surface area contributed by atoms with Crippen molar-refractivity contribution in [1.29, 1.82) is 0 Å². The largest absolute Gasteiger partial charge is 0.495 e. The van der Waals surface area contributed by atoms with Gasteiger partial charge in [0.25, 0.3) is 0 Å². The Kier molecular flexibility index (Phi) is 3.05. The molecule has 0 saturated carbocycles. The van der Waals surface area contributed by atoms with Crippen molar-refractivity contribution in [3.63, 3.8) is 0 Å². The number of nitrogens with zero attached hydrogens (tertiary/aromatic N) is 1. The standard InChI is InChI=1S/C13H14N2O/c1-14-12-5-3-10(4-6-12)11-7-13(16-2)9-15-8-11/h3-9,14H,1-2H3. The third-order valence-corrected chi connectivity index (χ3v) is 2.46. The van der Waals surface area contributed by atoms with E-state index in [1.165, 1.54) is 0 Å². The molecule has 0 aliphatic rings. The van der Waals surface area contributed by atoms with Gasteiger partial charge in [0.2, 0.25) is 0 Å². The molecule has 16 heavy (non-hydrogen) atoms. The predicted octanol–water partition coefficient (Wildman–Crippen LogP) is 2.80. The van der Waals surface area contributed by atoms with Crippen LogP contribution in [0.4, 0.5) is 5.69 Å². The van der Waals surface area contributed by atoms with Crippen molar-refractivity contribution in [3.05, 3.63) is 42.7 Å². The van der Waals surface area contributed by atoms with E-state index < -0.39 is 0 Å². The van der Waals surface area contributed by atoms with Crippen LogP contribution in [0.2, 0.25) is 0 Å². The molecule has 0 radical (unpaired) electrons. The minimum atomic E-state index is 0.773. The van der Waals surface area contributed by atoms with Gasteiger partial charge in [0.05, 0.1) is 13.3 Å². The molecule has 0 saturated heterocycles. The SMILES string of the molecule is CNc1ccc(-c2cncc(OC)c2)cc1. The molecule has 0 unspecified atom stereocenters. The van der Waals surface area contributed by atoms with Gasteiger partial charge in [0.15, 0.2) is 0 Å². The number of nitrogens with one attached hydrogen (secondary N) is 1. The van der Waals surface area contributed by atoms with Gasteiger partial charge in [0, 0.05) is 24.5 Å². The first-order valence-electron chi connectivity index (χ1n) is 5.10. The number of anilines is 1. The zero-order valence-electron chi connectivity index (χ0n) is 9.40. The van der Waals surface area contributed by atoms with E-state index in [9.17, 15) is 0 Å². The fourth-order valence-electron chi connectivity index (χ4n) is 1.52. The van der Waals surface area contributed by atoms with Gasteiger partial charge in [-0.05, 0) is 23.8 Å². The molecule has 1 aromatic heterocycles. The molecule has 82 valence electrons. The van der Waals surface area contributed by atoms with Crippen molar-refractivity contribution in [1.82, 2.24) is 4.98 Å². The molecule has 1 aromatic carbocycles. The second-order valence-corrected chi connectivity index (χ2v) is 3.44. The molecule has 0 aliphatic carbocycles. The van der Waals surface area contributed by atoms with Crippen LogP contribution in [0.15, 0.2) is 42.7 Å². The summed E-state index contributed by atoms with van der Waals surface area (Å²) >= 11 is 0. The Labute approximate surface area is 95.1 Å². The smallest absolute Gasteiger partial charge is 0.137 e. The minimum absolute atomic E-state index is 0.773. The highest BCUT2D eigenvalue weighted by Gasteiger charge is 2.00. The fourth-order valence-corrected chi connectivity index (χ4v) is 1.52. The monoisotopic (exact) mass is 214 g/mol. The maximum atomic E-state index is 5.15. The summed E-state index contributed by atoms with van der Waals surface area (Å²) < 4.78 is 5.15. The van der Waals surface area contributed by atoms with Crippen molar-refractivity contribution < 1.29 is 4.74 Å².